The van der Waals surface area contributed by atoms with E-state index in [1.807, 2.05) is 31.3 Å². The van der Waals surface area contributed by atoms with Crippen LogP contribution in [0, 0.1) is 6.92 Å². The summed E-state index contributed by atoms with van der Waals surface area (Å²) in [6.45, 7) is 9.91. The van der Waals surface area contributed by atoms with Gasteiger partial charge in [-0.25, -0.2) is 4.79 Å². The van der Waals surface area contributed by atoms with Crippen LogP contribution in [0.25, 0.3) is 16.9 Å². The van der Waals surface area contributed by atoms with Crippen LogP contribution in [0.2, 0.25) is 0 Å². The van der Waals surface area contributed by atoms with Crippen LogP contribution in [-0.4, -0.2) is 23.1 Å². The normalized spacial score (nSPS) is 12.7. The minimum absolute atomic E-state index is 0.0326. The molecule has 0 saturated carbocycles. The Morgan fingerprint density at radius 1 is 1.21 bits per heavy atom. The fourth-order valence-corrected chi connectivity index (χ4v) is 3.80. The molecule has 0 N–H and O–H groups in total. The van der Waals surface area contributed by atoms with Crippen molar-refractivity contribution in [1.82, 2.24) is 23.1 Å². The summed E-state index contributed by atoms with van der Waals surface area (Å²) >= 11 is 0. The van der Waals surface area contributed by atoms with E-state index in [1.54, 1.807) is 18.4 Å². The molecule has 7 nitrogen and oxygen atoms in total. The molecule has 4 aromatic rings. The summed E-state index contributed by atoms with van der Waals surface area (Å²) < 4.78 is 6.52. The van der Waals surface area contributed by atoms with Crippen molar-refractivity contribution in [2.45, 2.75) is 33.4 Å². The standard InChI is InChI=1S/C21H23N5O2/c1-13(2)11-25-19(27)17-18(23(5)21(25)28)22-20-24(17)12-14(3)26(20)15(4)16-9-7-6-8-10-16/h6-10,12,15H,1,11H2,2-5H3. The second-order valence-electron chi connectivity index (χ2n) is 7.37. The lowest BCUT2D eigenvalue weighted by Gasteiger charge is -2.16. The second kappa shape index (κ2) is 6.37. The van der Waals surface area contributed by atoms with E-state index in [1.165, 1.54) is 9.13 Å². The molecule has 0 fully saturated rings. The van der Waals surface area contributed by atoms with Gasteiger partial charge in [0.05, 0.1) is 12.6 Å². The van der Waals surface area contributed by atoms with Gasteiger partial charge in [0, 0.05) is 18.9 Å². The molecular formula is C21H23N5O2. The molecule has 1 aromatic carbocycles. The monoisotopic (exact) mass is 377 g/mol. The van der Waals surface area contributed by atoms with Crippen LogP contribution in [0.4, 0.5) is 0 Å². The number of imidazole rings is 2. The largest absolute Gasteiger partial charge is 0.332 e. The Bertz CT molecular complexity index is 1330. The predicted octanol–water partition coefficient (Wildman–Crippen LogP) is 2.64. The van der Waals surface area contributed by atoms with Gasteiger partial charge in [0.2, 0.25) is 5.78 Å². The van der Waals surface area contributed by atoms with Crippen molar-refractivity contribution < 1.29 is 0 Å². The van der Waals surface area contributed by atoms with Crippen LogP contribution in [0.5, 0.6) is 0 Å². The number of aromatic nitrogens is 5. The lowest BCUT2D eigenvalue weighted by atomic mass is 10.1. The molecular weight excluding hydrogens is 354 g/mol. The molecule has 0 amide bonds. The van der Waals surface area contributed by atoms with Crippen molar-refractivity contribution in [3.05, 3.63) is 80.8 Å². The van der Waals surface area contributed by atoms with Gasteiger partial charge in [-0.3, -0.25) is 18.3 Å². The SMILES string of the molecule is C=C(C)Cn1c(=O)c2c(nc3n(C(C)c4ccccc4)c(C)cn23)n(C)c1=O. The highest BCUT2D eigenvalue weighted by atomic mass is 16.2. The van der Waals surface area contributed by atoms with Gasteiger partial charge in [-0.05, 0) is 26.3 Å². The fraction of sp³-hybridized carbons (Fsp3) is 0.286. The zero-order chi connectivity index (χ0) is 20.2. The Morgan fingerprint density at radius 2 is 1.89 bits per heavy atom. The first-order chi connectivity index (χ1) is 13.3. The van der Waals surface area contributed by atoms with Crippen molar-refractivity contribution in [1.29, 1.82) is 0 Å². The smallest absolute Gasteiger partial charge is 0.307 e. The van der Waals surface area contributed by atoms with Crippen molar-refractivity contribution in [2.24, 2.45) is 7.05 Å². The first kappa shape index (κ1) is 18.0. The number of aryl methyl sites for hydroxylation is 2. The number of rotatable bonds is 4. The molecule has 0 aliphatic carbocycles. The molecule has 28 heavy (non-hydrogen) atoms. The molecule has 144 valence electrons. The molecule has 4 rings (SSSR count). The zero-order valence-corrected chi connectivity index (χ0v) is 16.5. The minimum Gasteiger partial charge on any atom is -0.307 e. The van der Waals surface area contributed by atoms with Crippen molar-refractivity contribution >= 4 is 16.9 Å². The molecule has 0 radical (unpaired) electrons. The van der Waals surface area contributed by atoms with E-state index in [9.17, 15) is 9.59 Å². The van der Waals surface area contributed by atoms with E-state index in [-0.39, 0.29) is 23.8 Å². The third-order valence-corrected chi connectivity index (χ3v) is 5.17. The van der Waals surface area contributed by atoms with E-state index >= 15 is 0 Å². The number of nitrogens with zero attached hydrogens (tertiary/aromatic N) is 5. The number of benzene rings is 1. The third kappa shape index (κ3) is 2.54. The lowest BCUT2D eigenvalue weighted by molar-refractivity contribution is 0.638. The Balaban J connectivity index is 2.06. The van der Waals surface area contributed by atoms with E-state index in [4.69, 9.17) is 0 Å². The van der Waals surface area contributed by atoms with Crippen molar-refractivity contribution in [2.75, 3.05) is 0 Å². The number of fused-ring (bicyclic) bond motifs is 3. The van der Waals surface area contributed by atoms with E-state index in [0.29, 0.717) is 16.9 Å². The van der Waals surface area contributed by atoms with E-state index in [2.05, 4.69) is 35.2 Å². The van der Waals surface area contributed by atoms with Crippen LogP contribution in [0.15, 0.2) is 58.3 Å². The molecule has 0 aliphatic heterocycles. The quantitative estimate of drug-likeness (QED) is 0.514. The number of hydrogen-bond donors (Lipinski definition) is 0. The number of allylic oxidation sites excluding steroid dienone is 1. The highest BCUT2D eigenvalue weighted by molar-refractivity contribution is 5.75. The van der Waals surface area contributed by atoms with Crippen LogP contribution < -0.4 is 11.2 Å². The van der Waals surface area contributed by atoms with Gasteiger partial charge in [0.15, 0.2) is 11.2 Å². The molecule has 3 aromatic heterocycles. The summed E-state index contributed by atoms with van der Waals surface area (Å²) in [5.41, 5.74) is 2.92. The fourth-order valence-electron chi connectivity index (χ4n) is 3.80. The van der Waals surface area contributed by atoms with Gasteiger partial charge in [-0.1, -0.05) is 42.5 Å². The van der Waals surface area contributed by atoms with E-state index < -0.39 is 0 Å². The highest BCUT2D eigenvalue weighted by Gasteiger charge is 2.22. The average Bonchev–Trinajstić information content (AvgIpc) is 3.18. The molecule has 0 saturated heterocycles. The van der Waals surface area contributed by atoms with Gasteiger partial charge < -0.3 is 4.57 Å². The third-order valence-electron chi connectivity index (χ3n) is 5.17. The molecule has 1 unspecified atom stereocenters. The van der Waals surface area contributed by atoms with E-state index in [0.717, 1.165) is 16.8 Å². The molecule has 3 heterocycles. The Hall–Kier alpha value is -3.35. The topological polar surface area (TPSA) is 66.2 Å². The summed E-state index contributed by atoms with van der Waals surface area (Å²) in [5.74, 6) is 0.643. The molecule has 0 bridgehead atoms. The molecule has 0 spiro atoms. The predicted molar refractivity (Wildman–Crippen MR) is 110 cm³/mol. The number of hydrogen-bond acceptors (Lipinski definition) is 3. The Labute approximate surface area is 161 Å². The van der Waals surface area contributed by atoms with Gasteiger partial charge in [-0.15, -0.1) is 0 Å². The molecule has 1 atom stereocenters. The summed E-state index contributed by atoms with van der Waals surface area (Å²) in [6.07, 6.45) is 1.90. The van der Waals surface area contributed by atoms with Crippen molar-refractivity contribution in [3.8, 4) is 0 Å². The Kier molecular flexibility index (Phi) is 4.10. The van der Waals surface area contributed by atoms with Crippen LogP contribution in [0.1, 0.15) is 31.1 Å². The first-order valence-corrected chi connectivity index (χ1v) is 9.20. The van der Waals surface area contributed by atoms with Crippen LogP contribution in [-0.2, 0) is 13.6 Å². The van der Waals surface area contributed by atoms with Gasteiger partial charge in [0.25, 0.3) is 5.56 Å². The minimum atomic E-state index is -0.388. The second-order valence-corrected chi connectivity index (χ2v) is 7.37. The first-order valence-electron chi connectivity index (χ1n) is 9.20. The average molecular weight is 377 g/mol. The molecule has 7 heteroatoms. The van der Waals surface area contributed by atoms with Gasteiger partial charge in [0.1, 0.15) is 0 Å². The highest BCUT2D eigenvalue weighted by Crippen LogP contribution is 2.25. The summed E-state index contributed by atoms with van der Waals surface area (Å²) in [5, 5.41) is 0. The Morgan fingerprint density at radius 3 is 2.54 bits per heavy atom. The maximum atomic E-state index is 13.1. The summed E-state index contributed by atoms with van der Waals surface area (Å²) in [7, 11) is 1.64. The summed E-state index contributed by atoms with van der Waals surface area (Å²) in [4.78, 5) is 30.5. The maximum absolute atomic E-state index is 13.1. The van der Waals surface area contributed by atoms with Crippen LogP contribution in [0.3, 0.4) is 0 Å². The van der Waals surface area contributed by atoms with Gasteiger partial charge in [-0.2, -0.15) is 4.98 Å². The molecule has 0 aliphatic rings. The maximum Gasteiger partial charge on any atom is 0.332 e. The van der Waals surface area contributed by atoms with Crippen molar-refractivity contribution in [3.63, 3.8) is 0 Å². The summed E-state index contributed by atoms with van der Waals surface area (Å²) in [6, 6.07) is 10.2. The van der Waals surface area contributed by atoms with Crippen LogP contribution >= 0.6 is 0 Å². The lowest BCUT2D eigenvalue weighted by Crippen LogP contribution is -2.39. The van der Waals surface area contributed by atoms with Gasteiger partial charge >= 0.3 is 5.69 Å². The zero-order valence-electron chi connectivity index (χ0n) is 16.5.